The Morgan fingerprint density at radius 3 is 2.29 bits per heavy atom. The van der Waals surface area contributed by atoms with Crippen LogP contribution in [-0.4, -0.2) is 29.4 Å². The highest BCUT2D eigenvalue weighted by Crippen LogP contribution is 2.26. The zero-order valence-corrected chi connectivity index (χ0v) is 17.6. The molecule has 0 aliphatic carbocycles. The molecule has 1 aliphatic heterocycles. The Morgan fingerprint density at radius 2 is 1.65 bits per heavy atom. The normalized spacial score (nSPS) is 15.3. The van der Waals surface area contributed by atoms with Crippen LogP contribution in [0.2, 0.25) is 0 Å². The number of thiophene rings is 1. The van der Waals surface area contributed by atoms with Crippen molar-refractivity contribution in [3.05, 3.63) is 77.0 Å². The number of Topliss-reactive ketones (excluding diaryl/α,β-unsaturated/α-hetero) is 1. The molecular formula is C23H20N4O3S. The second-order valence-corrected chi connectivity index (χ2v) is 7.97. The Kier molecular flexibility index (Phi) is 5.90. The van der Waals surface area contributed by atoms with Crippen molar-refractivity contribution in [3.63, 3.8) is 0 Å². The summed E-state index contributed by atoms with van der Waals surface area (Å²) >= 11 is 1.35. The maximum atomic E-state index is 12.8. The van der Waals surface area contributed by atoms with Crippen LogP contribution < -0.4 is 15.6 Å². The van der Waals surface area contributed by atoms with Crippen molar-refractivity contribution < 1.29 is 14.4 Å². The van der Waals surface area contributed by atoms with Gasteiger partial charge in [0.05, 0.1) is 10.6 Å². The number of carbonyl (C=O) groups is 3. The van der Waals surface area contributed by atoms with Gasteiger partial charge in [0.15, 0.2) is 5.78 Å². The number of nitrogens with zero attached hydrogens (tertiary/aromatic N) is 2. The number of para-hydroxylation sites is 1. The van der Waals surface area contributed by atoms with Gasteiger partial charge in [0.25, 0.3) is 11.8 Å². The summed E-state index contributed by atoms with van der Waals surface area (Å²) in [5, 5.41) is 13.5. The van der Waals surface area contributed by atoms with Crippen LogP contribution in [0.4, 0.5) is 17.1 Å². The Morgan fingerprint density at radius 1 is 0.935 bits per heavy atom. The lowest BCUT2D eigenvalue weighted by Crippen LogP contribution is -2.33. The summed E-state index contributed by atoms with van der Waals surface area (Å²) in [6, 6.07) is 19.2. The van der Waals surface area contributed by atoms with E-state index in [0.29, 0.717) is 16.3 Å². The van der Waals surface area contributed by atoms with Crippen LogP contribution in [0.5, 0.6) is 0 Å². The fourth-order valence-electron chi connectivity index (χ4n) is 3.26. The van der Waals surface area contributed by atoms with Gasteiger partial charge in [-0.3, -0.25) is 19.4 Å². The van der Waals surface area contributed by atoms with Crippen LogP contribution in [0.1, 0.15) is 23.0 Å². The number of anilines is 3. The lowest BCUT2D eigenvalue weighted by Gasteiger charge is -2.20. The minimum atomic E-state index is -0.514. The summed E-state index contributed by atoms with van der Waals surface area (Å²) in [6.07, 6.45) is 0.227. The third-order valence-electron chi connectivity index (χ3n) is 4.79. The van der Waals surface area contributed by atoms with E-state index in [1.165, 1.54) is 18.3 Å². The van der Waals surface area contributed by atoms with E-state index < -0.39 is 6.04 Å². The van der Waals surface area contributed by atoms with Crippen molar-refractivity contribution in [1.29, 1.82) is 0 Å². The number of hydrogen-bond donors (Lipinski definition) is 2. The van der Waals surface area contributed by atoms with Crippen molar-refractivity contribution >= 4 is 51.7 Å². The van der Waals surface area contributed by atoms with Crippen LogP contribution in [0.3, 0.4) is 0 Å². The van der Waals surface area contributed by atoms with E-state index in [0.717, 1.165) is 5.69 Å². The number of amides is 2. The highest BCUT2D eigenvalue weighted by atomic mass is 32.1. The maximum Gasteiger partial charge on any atom is 0.271 e. The third-order valence-corrected chi connectivity index (χ3v) is 5.65. The first kappa shape index (κ1) is 20.5. The van der Waals surface area contributed by atoms with E-state index in [1.54, 1.807) is 35.3 Å². The molecule has 2 heterocycles. The summed E-state index contributed by atoms with van der Waals surface area (Å²) in [5.74, 6) is -0.651. The third kappa shape index (κ3) is 4.70. The number of carbonyl (C=O) groups excluding carboxylic acids is 3. The first-order valence-electron chi connectivity index (χ1n) is 9.70. The SMILES string of the molecule is CC(=O)C1CC(C(=O)Nc2cccc(NC(=O)c3cccs3)c2)=NN1c1ccccc1. The predicted octanol–water partition coefficient (Wildman–Crippen LogP) is 4.16. The fourth-order valence-corrected chi connectivity index (χ4v) is 3.88. The molecule has 3 aromatic rings. The Bertz CT molecular complexity index is 1140. The van der Waals surface area contributed by atoms with Crippen LogP contribution in [0.15, 0.2) is 77.2 Å². The van der Waals surface area contributed by atoms with Crippen LogP contribution in [0, 0.1) is 0 Å². The van der Waals surface area contributed by atoms with Gasteiger partial charge in [-0.15, -0.1) is 11.3 Å². The Balaban J connectivity index is 1.48. The van der Waals surface area contributed by atoms with Crippen molar-refractivity contribution in [2.24, 2.45) is 5.10 Å². The quantitative estimate of drug-likeness (QED) is 0.612. The van der Waals surface area contributed by atoms with Crippen LogP contribution in [0.25, 0.3) is 0 Å². The second kappa shape index (κ2) is 8.93. The highest BCUT2D eigenvalue weighted by molar-refractivity contribution is 7.12. The van der Waals surface area contributed by atoms with Gasteiger partial charge in [-0.25, -0.2) is 0 Å². The molecule has 2 N–H and O–H groups in total. The Labute approximate surface area is 183 Å². The van der Waals surface area contributed by atoms with Crippen molar-refractivity contribution in [2.75, 3.05) is 15.6 Å². The van der Waals surface area contributed by atoms with E-state index in [2.05, 4.69) is 15.7 Å². The largest absolute Gasteiger partial charge is 0.321 e. The molecule has 1 unspecified atom stereocenters. The van der Waals surface area contributed by atoms with E-state index in [9.17, 15) is 14.4 Å². The van der Waals surface area contributed by atoms with E-state index >= 15 is 0 Å². The topological polar surface area (TPSA) is 90.9 Å². The molecule has 4 rings (SSSR count). The number of hydrogen-bond acceptors (Lipinski definition) is 6. The smallest absolute Gasteiger partial charge is 0.271 e. The van der Waals surface area contributed by atoms with Gasteiger partial charge in [-0.2, -0.15) is 5.10 Å². The van der Waals surface area contributed by atoms with Gasteiger partial charge in [0.1, 0.15) is 11.8 Å². The molecule has 8 heteroatoms. The molecule has 2 amide bonds. The molecule has 31 heavy (non-hydrogen) atoms. The summed E-state index contributed by atoms with van der Waals surface area (Å²) in [5.41, 5.74) is 2.12. The molecule has 0 radical (unpaired) electrons. The monoisotopic (exact) mass is 432 g/mol. The van der Waals surface area contributed by atoms with Crippen molar-refractivity contribution in [2.45, 2.75) is 19.4 Å². The predicted molar refractivity (Wildman–Crippen MR) is 123 cm³/mol. The first-order chi connectivity index (χ1) is 15.0. The maximum absolute atomic E-state index is 12.8. The number of hydrazone groups is 1. The lowest BCUT2D eigenvalue weighted by molar-refractivity contribution is -0.118. The number of benzene rings is 2. The zero-order chi connectivity index (χ0) is 21.8. The molecule has 1 aliphatic rings. The molecule has 0 spiro atoms. The van der Waals surface area contributed by atoms with Gasteiger partial charge in [0.2, 0.25) is 0 Å². The van der Waals surface area contributed by atoms with Gasteiger partial charge in [-0.1, -0.05) is 30.3 Å². The number of rotatable bonds is 6. The van der Waals surface area contributed by atoms with Gasteiger partial charge in [0, 0.05) is 17.8 Å². The molecule has 156 valence electrons. The average Bonchev–Trinajstić information content (AvgIpc) is 3.45. The van der Waals surface area contributed by atoms with Crippen molar-refractivity contribution in [1.82, 2.24) is 0 Å². The minimum Gasteiger partial charge on any atom is -0.321 e. The van der Waals surface area contributed by atoms with Crippen LogP contribution >= 0.6 is 11.3 Å². The minimum absolute atomic E-state index is 0.0614. The summed E-state index contributed by atoms with van der Waals surface area (Å²) < 4.78 is 0. The molecule has 0 bridgehead atoms. The zero-order valence-electron chi connectivity index (χ0n) is 16.7. The average molecular weight is 433 g/mol. The van der Waals surface area contributed by atoms with E-state index in [1.807, 2.05) is 41.8 Å². The molecule has 1 aromatic heterocycles. The van der Waals surface area contributed by atoms with Gasteiger partial charge < -0.3 is 10.6 Å². The van der Waals surface area contributed by atoms with Gasteiger partial charge >= 0.3 is 0 Å². The van der Waals surface area contributed by atoms with Gasteiger partial charge in [-0.05, 0) is 48.7 Å². The van der Waals surface area contributed by atoms with E-state index in [-0.39, 0.29) is 29.7 Å². The summed E-state index contributed by atoms with van der Waals surface area (Å²) in [6.45, 7) is 1.50. The lowest BCUT2D eigenvalue weighted by atomic mass is 10.1. The fraction of sp³-hybridized carbons (Fsp3) is 0.130. The molecule has 1 atom stereocenters. The van der Waals surface area contributed by atoms with Crippen molar-refractivity contribution in [3.8, 4) is 0 Å². The second-order valence-electron chi connectivity index (χ2n) is 7.02. The molecule has 0 saturated carbocycles. The molecule has 2 aromatic carbocycles. The standard InChI is InChI=1S/C23H20N4O3S/c1-15(28)20-14-19(26-27(20)18-9-3-2-4-10-18)22(29)24-16-7-5-8-17(13-16)25-23(30)21-11-6-12-31-21/h2-13,20H,14H2,1H3,(H,24,29)(H,25,30). The molecular weight excluding hydrogens is 412 g/mol. The molecule has 0 saturated heterocycles. The number of nitrogens with one attached hydrogen (secondary N) is 2. The first-order valence-corrected chi connectivity index (χ1v) is 10.6. The highest BCUT2D eigenvalue weighted by Gasteiger charge is 2.34. The number of ketones is 1. The van der Waals surface area contributed by atoms with E-state index in [4.69, 9.17) is 0 Å². The summed E-state index contributed by atoms with van der Waals surface area (Å²) in [7, 11) is 0. The Hall–Kier alpha value is -3.78. The molecule has 7 nitrogen and oxygen atoms in total. The molecule has 0 fully saturated rings. The summed E-state index contributed by atoms with van der Waals surface area (Å²) in [4.78, 5) is 37.8. The van der Waals surface area contributed by atoms with Crippen LogP contribution in [-0.2, 0) is 9.59 Å².